The van der Waals surface area contributed by atoms with Gasteiger partial charge < -0.3 is 14.7 Å². The Morgan fingerprint density at radius 2 is 2.19 bits per heavy atom. The molecule has 0 spiro atoms. The highest BCUT2D eigenvalue weighted by Crippen LogP contribution is 2.27. The zero-order chi connectivity index (χ0) is 15.6. The molecule has 0 aromatic heterocycles. The van der Waals surface area contributed by atoms with Crippen LogP contribution in [0.4, 0.5) is 0 Å². The van der Waals surface area contributed by atoms with Crippen molar-refractivity contribution < 1.29 is 19.4 Å². The third kappa shape index (κ3) is 3.54. The van der Waals surface area contributed by atoms with Gasteiger partial charge in [0.2, 0.25) is 5.91 Å². The van der Waals surface area contributed by atoms with Crippen LogP contribution in [0.5, 0.6) is 0 Å². The first-order valence-corrected chi connectivity index (χ1v) is 7.18. The molecule has 114 valence electrons. The van der Waals surface area contributed by atoms with Crippen molar-refractivity contribution in [3.8, 4) is 0 Å². The van der Waals surface area contributed by atoms with Gasteiger partial charge in [0.25, 0.3) is 0 Å². The number of halogens is 1. The van der Waals surface area contributed by atoms with Crippen LogP contribution >= 0.6 is 11.6 Å². The number of carbonyl (C=O) groups is 2. The van der Waals surface area contributed by atoms with E-state index in [1.165, 1.54) is 6.92 Å². The van der Waals surface area contributed by atoms with Gasteiger partial charge in [-0.1, -0.05) is 23.7 Å². The van der Waals surface area contributed by atoms with E-state index in [0.717, 1.165) is 5.56 Å². The summed E-state index contributed by atoms with van der Waals surface area (Å²) in [6, 6.07) is 7.13. The Bertz CT molecular complexity index is 548. The summed E-state index contributed by atoms with van der Waals surface area (Å²) >= 11 is 5.97. The SMILES string of the molecule is CC(C(=O)O)C(=O)N1CC(c2cccc(Cl)c2)OCC1C. The van der Waals surface area contributed by atoms with Crippen molar-refractivity contribution in [3.05, 3.63) is 34.9 Å². The molecule has 1 aromatic rings. The Morgan fingerprint density at radius 1 is 1.48 bits per heavy atom. The van der Waals surface area contributed by atoms with Gasteiger partial charge >= 0.3 is 5.97 Å². The molecular formula is C15H18ClNO4. The molecule has 0 bridgehead atoms. The molecule has 1 heterocycles. The zero-order valence-electron chi connectivity index (χ0n) is 12.0. The van der Waals surface area contributed by atoms with Crippen molar-refractivity contribution in [2.45, 2.75) is 26.0 Å². The van der Waals surface area contributed by atoms with E-state index in [9.17, 15) is 9.59 Å². The second kappa shape index (κ2) is 6.45. The number of carboxylic acid groups (broad SMARTS) is 1. The summed E-state index contributed by atoms with van der Waals surface area (Å²) in [7, 11) is 0. The van der Waals surface area contributed by atoms with Crippen LogP contribution in [-0.4, -0.2) is 41.1 Å². The third-order valence-corrected chi connectivity index (χ3v) is 3.91. The first-order valence-electron chi connectivity index (χ1n) is 6.80. The largest absolute Gasteiger partial charge is 0.481 e. The fraction of sp³-hybridized carbons (Fsp3) is 0.467. The lowest BCUT2D eigenvalue weighted by atomic mass is 10.0. The highest BCUT2D eigenvalue weighted by Gasteiger charge is 2.34. The van der Waals surface area contributed by atoms with E-state index in [2.05, 4.69) is 0 Å². The van der Waals surface area contributed by atoms with Crippen molar-refractivity contribution in [1.82, 2.24) is 4.90 Å². The summed E-state index contributed by atoms with van der Waals surface area (Å²) in [4.78, 5) is 24.8. The molecule has 21 heavy (non-hydrogen) atoms. The number of aliphatic carboxylic acids is 1. The van der Waals surface area contributed by atoms with Gasteiger partial charge in [0.05, 0.1) is 19.2 Å². The van der Waals surface area contributed by atoms with Crippen LogP contribution in [-0.2, 0) is 14.3 Å². The molecule has 1 fully saturated rings. The molecule has 1 aliphatic heterocycles. The number of benzene rings is 1. The minimum absolute atomic E-state index is 0.144. The molecule has 0 aliphatic carbocycles. The number of ether oxygens (including phenoxy) is 1. The molecule has 1 aromatic carbocycles. The Morgan fingerprint density at radius 3 is 2.81 bits per heavy atom. The summed E-state index contributed by atoms with van der Waals surface area (Å²) in [6.45, 7) is 3.95. The number of carboxylic acids is 1. The predicted molar refractivity (Wildman–Crippen MR) is 78.1 cm³/mol. The van der Waals surface area contributed by atoms with Crippen molar-refractivity contribution in [3.63, 3.8) is 0 Å². The third-order valence-electron chi connectivity index (χ3n) is 3.68. The van der Waals surface area contributed by atoms with Gasteiger partial charge in [-0.05, 0) is 31.5 Å². The van der Waals surface area contributed by atoms with E-state index in [1.54, 1.807) is 17.0 Å². The number of carbonyl (C=O) groups excluding carboxylic acids is 1. The Balaban J connectivity index is 2.16. The van der Waals surface area contributed by atoms with E-state index in [1.807, 2.05) is 19.1 Å². The standard InChI is InChI=1S/C15H18ClNO4/c1-9-8-21-13(11-4-3-5-12(16)6-11)7-17(9)14(18)10(2)15(19)20/h3-6,9-10,13H,7-8H2,1-2H3,(H,19,20). The maximum atomic E-state index is 12.3. The average Bonchev–Trinajstić information content (AvgIpc) is 2.46. The van der Waals surface area contributed by atoms with E-state index in [-0.39, 0.29) is 18.1 Å². The number of rotatable bonds is 3. The lowest BCUT2D eigenvalue weighted by Gasteiger charge is -2.39. The molecule has 1 saturated heterocycles. The second-order valence-corrected chi connectivity index (χ2v) is 5.71. The van der Waals surface area contributed by atoms with E-state index in [0.29, 0.717) is 18.2 Å². The Kier molecular flexibility index (Phi) is 4.85. The Labute approximate surface area is 128 Å². The van der Waals surface area contributed by atoms with Gasteiger partial charge in [-0.2, -0.15) is 0 Å². The smallest absolute Gasteiger partial charge is 0.315 e. The maximum Gasteiger partial charge on any atom is 0.315 e. The van der Waals surface area contributed by atoms with Crippen molar-refractivity contribution in [2.75, 3.05) is 13.2 Å². The molecule has 3 atom stereocenters. The van der Waals surface area contributed by atoms with E-state index in [4.69, 9.17) is 21.4 Å². The molecule has 5 nitrogen and oxygen atoms in total. The average molecular weight is 312 g/mol. The molecule has 2 rings (SSSR count). The molecule has 3 unspecified atom stereocenters. The van der Waals surface area contributed by atoms with Crippen LogP contribution in [0.3, 0.4) is 0 Å². The summed E-state index contributed by atoms with van der Waals surface area (Å²) < 4.78 is 5.75. The highest BCUT2D eigenvalue weighted by molar-refractivity contribution is 6.30. The Hall–Kier alpha value is -1.59. The van der Waals surface area contributed by atoms with Crippen LogP contribution in [0.15, 0.2) is 24.3 Å². The zero-order valence-corrected chi connectivity index (χ0v) is 12.7. The van der Waals surface area contributed by atoms with Gasteiger partial charge in [-0.25, -0.2) is 0 Å². The molecular weight excluding hydrogens is 294 g/mol. The van der Waals surface area contributed by atoms with Gasteiger partial charge in [0.1, 0.15) is 12.0 Å². The fourth-order valence-corrected chi connectivity index (χ4v) is 2.53. The van der Waals surface area contributed by atoms with Crippen molar-refractivity contribution in [2.24, 2.45) is 5.92 Å². The minimum Gasteiger partial charge on any atom is -0.481 e. The van der Waals surface area contributed by atoms with E-state index >= 15 is 0 Å². The number of nitrogens with zero attached hydrogens (tertiary/aromatic N) is 1. The van der Waals surface area contributed by atoms with Crippen LogP contribution in [0.2, 0.25) is 5.02 Å². The first-order chi connectivity index (χ1) is 9.90. The highest BCUT2D eigenvalue weighted by atomic mass is 35.5. The van der Waals surface area contributed by atoms with E-state index < -0.39 is 11.9 Å². The molecule has 6 heteroatoms. The van der Waals surface area contributed by atoms with Gasteiger partial charge in [-0.3, -0.25) is 9.59 Å². The molecule has 0 saturated carbocycles. The molecule has 1 aliphatic rings. The second-order valence-electron chi connectivity index (χ2n) is 5.28. The number of amides is 1. The van der Waals surface area contributed by atoms with Gasteiger partial charge in [-0.15, -0.1) is 0 Å². The molecule has 1 amide bonds. The molecule has 1 N–H and O–H groups in total. The van der Waals surface area contributed by atoms with Crippen molar-refractivity contribution >= 4 is 23.5 Å². The predicted octanol–water partition coefficient (Wildman–Crippen LogP) is 2.35. The molecule has 0 radical (unpaired) electrons. The summed E-state index contributed by atoms with van der Waals surface area (Å²) in [5, 5.41) is 9.60. The monoisotopic (exact) mass is 311 g/mol. The topological polar surface area (TPSA) is 66.8 Å². The van der Waals surface area contributed by atoms with Crippen LogP contribution in [0.1, 0.15) is 25.5 Å². The lowest BCUT2D eigenvalue weighted by Crippen LogP contribution is -2.51. The van der Waals surface area contributed by atoms with Crippen molar-refractivity contribution in [1.29, 1.82) is 0 Å². The fourth-order valence-electron chi connectivity index (χ4n) is 2.33. The van der Waals surface area contributed by atoms with Crippen LogP contribution < -0.4 is 0 Å². The lowest BCUT2D eigenvalue weighted by molar-refractivity contribution is -0.157. The summed E-state index contributed by atoms with van der Waals surface area (Å²) in [5.74, 6) is -2.55. The summed E-state index contributed by atoms with van der Waals surface area (Å²) in [6.07, 6.45) is -0.287. The van der Waals surface area contributed by atoms with Crippen LogP contribution in [0.25, 0.3) is 0 Å². The quantitative estimate of drug-likeness (QED) is 0.870. The maximum absolute atomic E-state index is 12.3. The van der Waals surface area contributed by atoms with Gasteiger partial charge in [0, 0.05) is 5.02 Å². The summed E-state index contributed by atoms with van der Waals surface area (Å²) in [5.41, 5.74) is 0.884. The number of hydrogen-bond acceptors (Lipinski definition) is 3. The van der Waals surface area contributed by atoms with Gasteiger partial charge in [0.15, 0.2) is 0 Å². The number of morpholine rings is 1. The van der Waals surface area contributed by atoms with Crippen LogP contribution in [0, 0.1) is 5.92 Å². The minimum atomic E-state index is -1.11. The number of hydrogen-bond donors (Lipinski definition) is 1. The first kappa shape index (κ1) is 15.8. The normalized spacial score (nSPS) is 23.7.